The normalized spacial score (nSPS) is 24.2. The Morgan fingerprint density at radius 1 is 0.790 bits per heavy atom. The maximum atomic E-state index is 15.4. The van der Waals surface area contributed by atoms with Gasteiger partial charge >= 0.3 is 6.55 Å². The molecule has 1 aliphatic carbocycles. The average molecular weight is 847 g/mol. The molecule has 13 nitrogen and oxygen atoms in total. The Morgan fingerprint density at radius 2 is 1.50 bits per heavy atom. The molecule has 1 atom stereocenters. The molecule has 4 saturated heterocycles. The summed E-state index contributed by atoms with van der Waals surface area (Å²) in [7, 11) is 0. The lowest BCUT2D eigenvalue weighted by molar-refractivity contribution is -0.136. The summed E-state index contributed by atoms with van der Waals surface area (Å²) in [4.78, 5) is 67.1. The first kappa shape index (κ1) is 39.0. The van der Waals surface area contributed by atoms with E-state index in [2.05, 4.69) is 25.1 Å². The summed E-state index contributed by atoms with van der Waals surface area (Å²) in [5.74, 6) is -1.38. The quantitative estimate of drug-likeness (QED) is 0.170. The van der Waals surface area contributed by atoms with Crippen LogP contribution in [0.25, 0.3) is 32.9 Å². The molecule has 4 amide bonds. The number of halogens is 3. The number of anilines is 1. The summed E-state index contributed by atoms with van der Waals surface area (Å²) >= 11 is 0. The van der Waals surface area contributed by atoms with Crippen LogP contribution in [0, 0.1) is 23.1 Å². The molecule has 320 valence electrons. The number of aromatic nitrogens is 3. The maximum absolute atomic E-state index is 15.4. The minimum Gasteiger partial charge on any atom is -0.474 e. The lowest BCUT2D eigenvalue weighted by atomic mass is 9.71. The van der Waals surface area contributed by atoms with Crippen LogP contribution < -0.4 is 15.0 Å². The zero-order valence-electron chi connectivity index (χ0n) is 33.9. The standard InChI is InChI=1S/C46H45F3N8O5/c47-35-16-32-33(44(61)57(43(32)60)37-4-5-40(58)52-42(37)59)17-39(35)55-11-8-26(9-12-55)20-53-22-46(23-53)24-54(25-46)21-27-13-30(14-27)62-41-6-2-29(18-51-41)28-1-3-31-34-19-50-10-7-36(34)56(45(48)49)38(31)15-28/h1-3,6-7,10,15-19,26-27,30,37,45H,4-5,8-9,11-14,20-25H2,(H,52,58,59)/t27-,30-,37?. The fourth-order valence-corrected chi connectivity index (χ4v) is 11.1. The highest BCUT2D eigenvalue weighted by atomic mass is 19.3. The summed E-state index contributed by atoms with van der Waals surface area (Å²) in [6, 6.07) is 12.4. The molecule has 1 unspecified atom stereocenters. The largest absolute Gasteiger partial charge is 0.474 e. The number of imide groups is 2. The van der Waals surface area contributed by atoms with E-state index in [1.165, 1.54) is 12.3 Å². The first-order valence-corrected chi connectivity index (χ1v) is 21.5. The lowest BCUT2D eigenvalue weighted by Crippen LogP contribution is -2.72. The molecule has 0 bridgehead atoms. The average Bonchev–Trinajstić information content (AvgIpc) is 3.68. The zero-order chi connectivity index (χ0) is 42.4. The smallest absolute Gasteiger partial charge is 0.319 e. The van der Waals surface area contributed by atoms with Crippen molar-refractivity contribution in [3.8, 4) is 17.0 Å². The van der Waals surface area contributed by atoms with E-state index in [0.717, 1.165) is 97.0 Å². The van der Waals surface area contributed by atoms with Gasteiger partial charge in [0.05, 0.1) is 27.8 Å². The molecule has 62 heavy (non-hydrogen) atoms. The van der Waals surface area contributed by atoms with E-state index in [-0.39, 0.29) is 30.1 Å². The van der Waals surface area contributed by atoms with Gasteiger partial charge in [0.1, 0.15) is 18.0 Å². The van der Waals surface area contributed by atoms with Crippen molar-refractivity contribution in [2.75, 3.05) is 57.3 Å². The molecule has 1 spiro atoms. The Balaban J connectivity index is 0.608. The zero-order valence-corrected chi connectivity index (χ0v) is 33.9. The number of carbonyl (C=O) groups is 4. The van der Waals surface area contributed by atoms with Gasteiger partial charge in [-0.25, -0.2) is 9.37 Å². The predicted octanol–water partition coefficient (Wildman–Crippen LogP) is 5.88. The number of hydrogen-bond donors (Lipinski definition) is 1. The van der Waals surface area contributed by atoms with Gasteiger partial charge in [-0.15, -0.1) is 0 Å². The van der Waals surface area contributed by atoms with E-state index in [4.69, 9.17) is 4.74 Å². The van der Waals surface area contributed by atoms with Crippen molar-refractivity contribution in [2.24, 2.45) is 17.3 Å². The van der Waals surface area contributed by atoms with Crippen LogP contribution in [-0.4, -0.2) is 117 Å². The third-order valence-electron chi connectivity index (χ3n) is 14.1. The predicted molar refractivity (Wildman–Crippen MR) is 222 cm³/mol. The molecule has 11 rings (SSSR count). The fraction of sp³-hybridized carbons (Fsp3) is 0.435. The van der Waals surface area contributed by atoms with Crippen LogP contribution in [0.15, 0.2) is 67.1 Å². The van der Waals surface area contributed by atoms with Crippen LogP contribution in [0.4, 0.5) is 18.9 Å². The number of benzene rings is 2. The van der Waals surface area contributed by atoms with Gasteiger partial charge in [-0.1, -0.05) is 12.1 Å². The molecule has 5 aromatic rings. The van der Waals surface area contributed by atoms with Crippen LogP contribution in [0.5, 0.6) is 5.88 Å². The number of ether oxygens (including phenoxy) is 1. The number of carbonyl (C=O) groups excluding carboxylic acids is 4. The van der Waals surface area contributed by atoms with Gasteiger partial charge in [-0.05, 0) is 79.8 Å². The van der Waals surface area contributed by atoms with Crippen LogP contribution >= 0.6 is 0 Å². The molecule has 6 aliphatic rings. The van der Waals surface area contributed by atoms with Gasteiger partial charge < -0.3 is 19.4 Å². The van der Waals surface area contributed by atoms with Crippen LogP contribution in [0.1, 0.15) is 65.8 Å². The lowest BCUT2D eigenvalue weighted by Gasteiger charge is -2.62. The number of nitrogens with one attached hydrogen (secondary N) is 1. The number of nitrogens with zero attached hydrogens (tertiary/aromatic N) is 7. The molecule has 8 heterocycles. The summed E-state index contributed by atoms with van der Waals surface area (Å²) in [6.45, 7) is 5.15. The Morgan fingerprint density at radius 3 is 2.19 bits per heavy atom. The van der Waals surface area contributed by atoms with E-state index < -0.39 is 42.0 Å². The maximum Gasteiger partial charge on any atom is 0.319 e. The number of likely N-dealkylation sites (tertiary alicyclic amines) is 2. The first-order valence-electron chi connectivity index (χ1n) is 21.5. The monoisotopic (exact) mass is 846 g/mol. The van der Waals surface area contributed by atoms with Gasteiger partial charge in [-0.3, -0.25) is 38.9 Å². The van der Waals surface area contributed by atoms with Crippen molar-refractivity contribution in [3.63, 3.8) is 0 Å². The highest BCUT2D eigenvalue weighted by Crippen LogP contribution is 2.43. The van der Waals surface area contributed by atoms with Crippen LogP contribution in [0.3, 0.4) is 0 Å². The van der Waals surface area contributed by atoms with Gasteiger partial charge in [0, 0.05) is 105 Å². The molecule has 0 radical (unpaired) electrons. The van der Waals surface area contributed by atoms with Crippen LogP contribution in [0.2, 0.25) is 0 Å². The molecule has 2 aromatic carbocycles. The molecular weight excluding hydrogens is 802 g/mol. The molecule has 1 saturated carbocycles. The Bertz CT molecular complexity index is 2640. The van der Waals surface area contributed by atoms with Crippen molar-refractivity contribution >= 4 is 51.1 Å². The second kappa shape index (κ2) is 14.9. The van der Waals surface area contributed by atoms with E-state index in [1.54, 1.807) is 24.5 Å². The SMILES string of the molecule is O=C1CCC(N2C(=O)c3cc(F)c(N4CCC(CN5CC6(C5)CN(C[C@H]5C[C@H](Oc7ccc(-c8ccc9c%10cnccc%10n(C(F)F)c9c8)cn7)C5)C6)CC4)cc3C2=O)C(=O)N1. The highest BCUT2D eigenvalue weighted by Gasteiger charge is 2.52. The molecular formula is C46H45F3N8O5. The minimum atomic E-state index is -2.68. The molecule has 1 N–H and O–H groups in total. The van der Waals surface area contributed by atoms with Crippen molar-refractivity contribution in [1.82, 2.24) is 34.6 Å². The number of pyridine rings is 2. The number of piperidine rings is 2. The summed E-state index contributed by atoms with van der Waals surface area (Å²) in [5.41, 5.74) is 3.26. The number of alkyl halides is 2. The Labute approximate surface area is 354 Å². The fourth-order valence-electron chi connectivity index (χ4n) is 11.1. The third-order valence-corrected chi connectivity index (χ3v) is 14.1. The van der Waals surface area contributed by atoms with E-state index in [1.807, 2.05) is 29.2 Å². The van der Waals surface area contributed by atoms with E-state index in [9.17, 15) is 28.0 Å². The minimum absolute atomic E-state index is 0.0250. The van der Waals surface area contributed by atoms with E-state index >= 15 is 4.39 Å². The van der Waals surface area contributed by atoms with Crippen molar-refractivity contribution in [1.29, 1.82) is 0 Å². The van der Waals surface area contributed by atoms with Gasteiger partial charge in [0.25, 0.3) is 11.8 Å². The third kappa shape index (κ3) is 6.69. The number of amides is 4. The van der Waals surface area contributed by atoms with Gasteiger partial charge in [0.15, 0.2) is 0 Å². The number of hydrogen-bond acceptors (Lipinski definition) is 10. The van der Waals surface area contributed by atoms with Gasteiger partial charge in [-0.2, -0.15) is 8.78 Å². The molecule has 16 heteroatoms. The molecule has 5 fully saturated rings. The highest BCUT2D eigenvalue weighted by molar-refractivity contribution is 6.23. The number of rotatable bonds is 10. The topological polar surface area (TPSA) is 133 Å². The van der Waals surface area contributed by atoms with Gasteiger partial charge in [0.2, 0.25) is 17.7 Å². The van der Waals surface area contributed by atoms with E-state index in [0.29, 0.717) is 58.3 Å². The molecule has 3 aromatic heterocycles. The van der Waals surface area contributed by atoms with Crippen molar-refractivity contribution < 1.29 is 37.1 Å². The van der Waals surface area contributed by atoms with Crippen molar-refractivity contribution in [3.05, 3.63) is 84.1 Å². The second-order valence-corrected chi connectivity index (χ2v) is 18.3. The Kier molecular flexibility index (Phi) is 9.37. The first-order chi connectivity index (χ1) is 30.0. The Hall–Kier alpha value is -5.87. The van der Waals surface area contributed by atoms with Crippen LogP contribution in [-0.2, 0) is 9.59 Å². The summed E-state index contributed by atoms with van der Waals surface area (Å²) < 4.78 is 50.9. The molecule has 5 aliphatic heterocycles. The van der Waals surface area contributed by atoms with Crippen molar-refractivity contribution in [2.45, 2.75) is 57.2 Å². The summed E-state index contributed by atoms with van der Waals surface area (Å²) in [6.07, 6.45) is 8.88. The number of fused-ring (bicyclic) bond motifs is 4. The summed E-state index contributed by atoms with van der Waals surface area (Å²) in [5, 5.41) is 3.62. The second-order valence-electron chi connectivity index (χ2n) is 18.3.